The molecule has 0 heterocycles. The minimum atomic E-state index is 0.480. The van der Waals surface area contributed by atoms with Gasteiger partial charge in [0.25, 0.3) is 0 Å². The third-order valence-corrected chi connectivity index (χ3v) is 2.03. The first-order chi connectivity index (χ1) is 7.27. The summed E-state index contributed by atoms with van der Waals surface area (Å²) in [6, 6.07) is 8.14. The van der Waals surface area contributed by atoms with Crippen LogP contribution < -0.4 is 0 Å². The molecule has 0 N–H and O–H groups in total. The van der Waals surface area contributed by atoms with E-state index in [0.29, 0.717) is 13.2 Å². The van der Waals surface area contributed by atoms with Gasteiger partial charge in [-0.2, -0.15) is 0 Å². The van der Waals surface area contributed by atoms with Gasteiger partial charge in [0, 0.05) is 12.2 Å². The predicted octanol–water partition coefficient (Wildman–Crippen LogP) is 2.38. The van der Waals surface area contributed by atoms with Gasteiger partial charge in [-0.3, -0.25) is 0 Å². The lowest BCUT2D eigenvalue weighted by Crippen LogP contribution is -2.11. The molecule has 0 spiro atoms. The molecule has 0 saturated heterocycles. The first-order valence-electron chi connectivity index (χ1n) is 5.02. The van der Waals surface area contributed by atoms with Gasteiger partial charge in [-0.05, 0) is 13.8 Å². The Morgan fingerprint density at radius 3 is 2.47 bits per heavy atom. The van der Waals surface area contributed by atoms with Gasteiger partial charge < -0.3 is 9.57 Å². The van der Waals surface area contributed by atoms with E-state index < -0.39 is 0 Å². The summed E-state index contributed by atoms with van der Waals surface area (Å²) in [5, 5.41) is 3.95. The highest BCUT2D eigenvalue weighted by molar-refractivity contribution is 6.01. The topological polar surface area (TPSA) is 30.8 Å². The largest absolute Gasteiger partial charge is 0.399 e. The molecule has 0 fully saturated rings. The van der Waals surface area contributed by atoms with Crippen molar-refractivity contribution in [1.29, 1.82) is 0 Å². The monoisotopic (exact) mass is 207 g/mol. The molecule has 1 aromatic carbocycles. The molecule has 3 heteroatoms. The standard InChI is InChI=1S/C12H17NO2/c1-4-15-9-12(13-14-3)11-7-5-10(2)6-8-11/h5-8H,4,9H2,1-3H3/b13-12+. The van der Waals surface area contributed by atoms with Gasteiger partial charge in [-0.1, -0.05) is 35.0 Å². The van der Waals surface area contributed by atoms with Crippen LogP contribution in [0.2, 0.25) is 0 Å². The molecule has 0 saturated carbocycles. The van der Waals surface area contributed by atoms with E-state index in [1.807, 2.05) is 31.2 Å². The van der Waals surface area contributed by atoms with Crippen molar-refractivity contribution >= 4 is 5.71 Å². The molecule has 0 aliphatic carbocycles. The number of ether oxygens (including phenoxy) is 1. The summed E-state index contributed by atoms with van der Waals surface area (Å²) in [4.78, 5) is 4.79. The van der Waals surface area contributed by atoms with Crippen molar-refractivity contribution in [3.8, 4) is 0 Å². The maximum absolute atomic E-state index is 5.32. The number of hydrogen-bond acceptors (Lipinski definition) is 3. The van der Waals surface area contributed by atoms with E-state index in [9.17, 15) is 0 Å². The van der Waals surface area contributed by atoms with Gasteiger partial charge in [0.15, 0.2) is 0 Å². The van der Waals surface area contributed by atoms with Crippen molar-refractivity contribution in [1.82, 2.24) is 0 Å². The van der Waals surface area contributed by atoms with Crippen molar-refractivity contribution in [3.05, 3.63) is 35.4 Å². The highest BCUT2D eigenvalue weighted by Crippen LogP contribution is 2.05. The number of hydrogen-bond donors (Lipinski definition) is 0. The van der Waals surface area contributed by atoms with Crippen LogP contribution in [0.5, 0.6) is 0 Å². The van der Waals surface area contributed by atoms with Gasteiger partial charge in [-0.15, -0.1) is 0 Å². The minimum absolute atomic E-state index is 0.480. The van der Waals surface area contributed by atoms with E-state index in [4.69, 9.17) is 9.57 Å². The fourth-order valence-corrected chi connectivity index (χ4v) is 1.22. The number of nitrogens with zero attached hydrogens (tertiary/aromatic N) is 1. The lowest BCUT2D eigenvalue weighted by Gasteiger charge is -2.06. The average molecular weight is 207 g/mol. The van der Waals surface area contributed by atoms with Crippen LogP contribution in [-0.4, -0.2) is 26.0 Å². The van der Waals surface area contributed by atoms with Crippen molar-refractivity contribution in [2.45, 2.75) is 13.8 Å². The molecule has 0 aliphatic rings. The molecule has 1 rings (SSSR count). The molecule has 82 valence electrons. The van der Waals surface area contributed by atoms with Crippen LogP contribution in [0.4, 0.5) is 0 Å². The summed E-state index contributed by atoms with van der Waals surface area (Å²) < 4.78 is 5.32. The Kier molecular flexibility index (Phi) is 4.84. The van der Waals surface area contributed by atoms with Gasteiger partial charge >= 0.3 is 0 Å². The maximum atomic E-state index is 5.32. The lowest BCUT2D eigenvalue weighted by atomic mass is 10.1. The van der Waals surface area contributed by atoms with Crippen molar-refractivity contribution < 1.29 is 9.57 Å². The molecular weight excluding hydrogens is 190 g/mol. The summed E-state index contributed by atoms with van der Waals surface area (Å²) in [6.07, 6.45) is 0. The SMILES string of the molecule is CCOC/C(=N\OC)c1ccc(C)cc1. The van der Waals surface area contributed by atoms with Crippen LogP contribution in [0.3, 0.4) is 0 Å². The van der Waals surface area contributed by atoms with Gasteiger partial charge in [0.05, 0.1) is 6.61 Å². The molecular formula is C12H17NO2. The molecule has 0 bridgehead atoms. The molecule has 0 radical (unpaired) electrons. The smallest absolute Gasteiger partial charge is 0.113 e. The Hall–Kier alpha value is -1.35. The van der Waals surface area contributed by atoms with E-state index in [1.54, 1.807) is 7.11 Å². The fourth-order valence-electron chi connectivity index (χ4n) is 1.22. The number of oxime groups is 1. The molecule has 0 unspecified atom stereocenters. The van der Waals surface area contributed by atoms with Crippen molar-refractivity contribution in [2.75, 3.05) is 20.3 Å². The normalized spacial score (nSPS) is 11.5. The van der Waals surface area contributed by atoms with Crippen LogP contribution in [0.25, 0.3) is 0 Å². The summed E-state index contributed by atoms with van der Waals surface area (Å²) in [7, 11) is 1.54. The first-order valence-corrected chi connectivity index (χ1v) is 5.02. The first kappa shape index (κ1) is 11.7. The van der Waals surface area contributed by atoms with Gasteiger partial charge in [0.1, 0.15) is 12.8 Å². The Bertz CT molecular complexity index is 317. The highest BCUT2D eigenvalue weighted by atomic mass is 16.6. The molecule has 3 nitrogen and oxygen atoms in total. The molecule has 0 atom stereocenters. The lowest BCUT2D eigenvalue weighted by molar-refractivity contribution is 0.175. The molecule has 15 heavy (non-hydrogen) atoms. The predicted molar refractivity (Wildman–Crippen MR) is 61.2 cm³/mol. The van der Waals surface area contributed by atoms with Crippen LogP contribution in [-0.2, 0) is 9.57 Å². The highest BCUT2D eigenvalue weighted by Gasteiger charge is 2.03. The van der Waals surface area contributed by atoms with Gasteiger partial charge in [-0.25, -0.2) is 0 Å². The molecule has 1 aromatic rings. The molecule has 0 amide bonds. The second kappa shape index (κ2) is 6.19. The van der Waals surface area contributed by atoms with Crippen LogP contribution in [0.1, 0.15) is 18.1 Å². The van der Waals surface area contributed by atoms with Crippen LogP contribution in [0.15, 0.2) is 29.4 Å². The Morgan fingerprint density at radius 1 is 1.27 bits per heavy atom. The van der Waals surface area contributed by atoms with E-state index in [1.165, 1.54) is 5.56 Å². The van der Waals surface area contributed by atoms with E-state index in [2.05, 4.69) is 12.1 Å². The van der Waals surface area contributed by atoms with Crippen LogP contribution in [0, 0.1) is 6.92 Å². The zero-order chi connectivity index (χ0) is 11.1. The molecule has 0 aliphatic heterocycles. The summed E-state index contributed by atoms with van der Waals surface area (Å²) >= 11 is 0. The zero-order valence-electron chi connectivity index (χ0n) is 9.49. The van der Waals surface area contributed by atoms with Crippen molar-refractivity contribution in [3.63, 3.8) is 0 Å². The van der Waals surface area contributed by atoms with E-state index >= 15 is 0 Å². The zero-order valence-corrected chi connectivity index (χ0v) is 9.49. The van der Waals surface area contributed by atoms with Crippen molar-refractivity contribution in [2.24, 2.45) is 5.16 Å². The quantitative estimate of drug-likeness (QED) is 0.548. The Morgan fingerprint density at radius 2 is 1.93 bits per heavy atom. The third-order valence-electron chi connectivity index (χ3n) is 2.03. The van der Waals surface area contributed by atoms with Crippen LogP contribution >= 0.6 is 0 Å². The maximum Gasteiger partial charge on any atom is 0.113 e. The summed E-state index contributed by atoms with van der Waals surface area (Å²) in [5.74, 6) is 0. The Labute approximate surface area is 90.7 Å². The molecule has 0 aromatic heterocycles. The number of rotatable bonds is 5. The van der Waals surface area contributed by atoms with E-state index in [0.717, 1.165) is 11.3 Å². The third kappa shape index (κ3) is 3.72. The second-order valence-corrected chi connectivity index (χ2v) is 3.22. The van der Waals surface area contributed by atoms with E-state index in [-0.39, 0.29) is 0 Å². The van der Waals surface area contributed by atoms with Gasteiger partial charge in [0.2, 0.25) is 0 Å². The summed E-state index contributed by atoms with van der Waals surface area (Å²) in [6.45, 7) is 5.17. The fraction of sp³-hybridized carbons (Fsp3) is 0.417. The minimum Gasteiger partial charge on any atom is -0.399 e. The number of benzene rings is 1. The summed E-state index contributed by atoms with van der Waals surface area (Å²) in [5.41, 5.74) is 3.09. The second-order valence-electron chi connectivity index (χ2n) is 3.22. The Balaban J connectivity index is 2.79. The average Bonchev–Trinajstić information content (AvgIpc) is 2.25. The number of aryl methyl sites for hydroxylation is 1.